The first-order valence-electron chi connectivity index (χ1n) is 9.95. The highest BCUT2D eigenvalue weighted by Crippen LogP contribution is 2.34. The van der Waals surface area contributed by atoms with E-state index in [0.717, 1.165) is 45.0 Å². The summed E-state index contributed by atoms with van der Waals surface area (Å²) in [6, 6.07) is 14.0. The van der Waals surface area contributed by atoms with Gasteiger partial charge in [-0.25, -0.2) is 0 Å². The third-order valence-electron chi connectivity index (χ3n) is 5.10. The van der Waals surface area contributed by atoms with Gasteiger partial charge in [0.1, 0.15) is 12.4 Å². The van der Waals surface area contributed by atoms with E-state index in [1.807, 2.05) is 43.3 Å². The van der Waals surface area contributed by atoms with Crippen molar-refractivity contribution in [3.05, 3.63) is 73.7 Å². The van der Waals surface area contributed by atoms with Crippen molar-refractivity contribution in [1.82, 2.24) is 4.57 Å². The molecule has 1 N–H and O–H groups in total. The van der Waals surface area contributed by atoms with Gasteiger partial charge in [-0.3, -0.25) is 14.4 Å². The average molecular weight is 421 g/mol. The maximum Gasteiger partial charge on any atom is 0.310 e. The van der Waals surface area contributed by atoms with Crippen LogP contribution in [0.2, 0.25) is 0 Å². The number of aryl methyl sites for hydroxylation is 1. The van der Waals surface area contributed by atoms with Crippen LogP contribution in [0.5, 0.6) is 11.6 Å². The lowest BCUT2D eigenvalue weighted by molar-refractivity contribution is 0.282. The number of rotatable bonds is 6. The van der Waals surface area contributed by atoms with Gasteiger partial charge in [-0.2, -0.15) is 0 Å². The summed E-state index contributed by atoms with van der Waals surface area (Å²) in [6.45, 7) is 6.85. The molecular formula is C24H24N2O3S. The van der Waals surface area contributed by atoms with Crippen molar-refractivity contribution in [1.29, 1.82) is 0 Å². The Hall–Kier alpha value is -3.12. The molecule has 1 aliphatic rings. The standard InChI is InChI=1S/C24H24N2O3S/c1-15(2)18-9-8-16(3)12-21(18)29-11-10-26-23(27)22(30-24(26)28)13-17-14-25-20-7-5-4-6-19(17)20/h4-9,12-15,27H,10-11H2,1-3H3/b17-13-. The molecule has 0 saturated heterocycles. The number of aromatic hydroxyl groups is 1. The second kappa shape index (κ2) is 8.32. The fourth-order valence-electron chi connectivity index (χ4n) is 3.49. The Morgan fingerprint density at radius 1 is 1.23 bits per heavy atom. The highest BCUT2D eigenvalue weighted by Gasteiger charge is 2.17. The molecule has 4 rings (SSSR count). The minimum absolute atomic E-state index is 0.0350. The topological polar surface area (TPSA) is 63.8 Å². The van der Waals surface area contributed by atoms with Gasteiger partial charge in [-0.05, 0) is 42.2 Å². The van der Waals surface area contributed by atoms with Crippen molar-refractivity contribution in [2.45, 2.75) is 33.2 Å². The van der Waals surface area contributed by atoms with Gasteiger partial charge in [0.05, 0.1) is 17.1 Å². The average Bonchev–Trinajstić information content (AvgIpc) is 3.24. The van der Waals surface area contributed by atoms with Crippen molar-refractivity contribution in [2.24, 2.45) is 4.99 Å². The maximum absolute atomic E-state index is 12.5. The Kier molecular flexibility index (Phi) is 5.59. The number of fused-ring (bicyclic) bond motifs is 1. The zero-order valence-electron chi connectivity index (χ0n) is 17.3. The van der Waals surface area contributed by atoms with Crippen molar-refractivity contribution in [3.63, 3.8) is 0 Å². The molecule has 2 aromatic carbocycles. The first-order valence-corrected chi connectivity index (χ1v) is 10.8. The Bertz CT molecular complexity index is 1200. The first-order chi connectivity index (χ1) is 14.4. The Labute approximate surface area is 179 Å². The molecule has 0 atom stereocenters. The summed E-state index contributed by atoms with van der Waals surface area (Å²) >= 11 is 1.02. The molecule has 30 heavy (non-hydrogen) atoms. The van der Waals surface area contributed by atoms with Gasteiger partial charge in [0, 0.05) is 17.4 Å². The zero-order valence-corrected chi connectivity index (χ0v) is 18.1. The summed E-state index contributed by atoms with van der Waals surface area (Å²) in [5.41, 5.74) is 5.02. The van der Waals surface area contributed by atoms with Crippen LogP contribution in [0.4, 0.5) is 5.69 Å². The Morgan fingerprint density at radius 3 is 2.83 bits per heavy atom. The van der Waals surface area contributed by atoms with E-state index in [2.05, 4.69) is 31.0 Å². The number of ether oxygens (including phenoxy) is 1. The minimum atomic E-state index is -0.209. The highest BCUT2D eigenvalue weighted by atomic mass is 32.1. The normalized spacial score (nSPS) is 13.9. The van der Waals surface area contributed by atoms with E-state index < -0.39 is 0 Å². The minimum Gasteiger partial charge on any atom is -0.493 e. The van der Waals surface area contributed by atoms with Crippen LogP contribution >= 0.6 is 11.3 Å². The first kappa shape index (κ1) is 20.2. The predicted molar refractivity (Wildman–Crippen MR) is 123 cm³/mol. The fourth-order valence-corrected chi connectivity index (χ4v) is 4.35. The number of aromatic nitrogens is 1. The lowest BCUT2D eigenvalue weighted by atomic mass is 10.0. The molecule has 0 amide bonds. The SMILES string of the molecule is Cc1ccc(C(C)C)c(OCCn2c(O)c(/C=C3/C=Nc4ccccc43)sc2=O)c1. The summed E-state index contributed by atoms with van der Waals surface area (Å²) in [5, 5.41) is 10.6. The van der Waals surface area contributed by atoms with Crippen LogP contribution in [-0.4, -0.2) is 22.5 Å². The van der Waals surface area contributed by atoms with E-state index in [4.69, 9.17) is 4.74 Å². The van der Waals surface area contributed by atoms with Crippen LogP contribution in [0, 0.1) is 6.92 Å². The van der Waals surface area contributed by atoms with E-state index in [-0.39, 0.29) is 17.3 Å². The van der Waals surface area contributed by atoms with Gasteiger partial charge in [0.2, 0.25) is 5.88 Å². The molecule has 1 aliphatic heterocycles. The molecule has 0 radical (unpaired) electrons. The lowest BCUT2D eigenvalue weighted by Gasteiger charge is -2.15. The second-order valence-corrected chi connectivity index (χ2v) is 8.62. The molecule has 0 saturated carbocycles. The highest BCUT2D eigenvalue weighted by molar-refractivity contribution is 7.10. The van der Waals surface area contributed by atoms with E-state index >= 15 is 0 Å². The molecule has 1 aromatic heterocycles. The number of benzene rings is 2. The number of hydrogen-bond acceptors (Lipinski definition) is 5. The molecule has 0 spiro atoms. The van der Waals surface area contributed by atoms with Crippen LogP contribution in [0.25, 0.3) is 11.6 Å². The molecule has 5 nitrogen and oxygen atoms in total. The van der Waals surface area contributed by atoms with Crippen molar-refractivity contribution in [3.8, 4) is 11.6 Å². The molecule has 0 fully saturated rings. The second-order valence-electron chi connectivity index (χ2n) is 7.63. The third-order valence-corrected chi connectivity index (χ3v) is 6.02. The largest absolute Gasteiger partial charge is 0.493 e. The zero-order chi connectivity index (χ0) is 21.3. The van der Waals surface area contributed by atoms with Crippen LogP contribution in [0.3, 0.4) is 0 Å². The molecule has 6 heteroatoms. The van der Waals surface area contributed by atoms with Crippen molar-refractivity contribution in [2.75, 3.05) is 6.61 Å². The summed E-state index contributed by atoms with van der Waals surface area (Å²) in [7, 11) is 0. The monoisotopic (exact) mass is 420 g/mol. The number of para-hydroxylation sites is 1. The van der Waals surface area contributed by atoms with Crippen LogP contribution in [-0.2, 0) is 6.54 Å². The fraction of sp³-hybridized carbons (Fsp3) is 0.250. The summed E-state index contributed by atoms with van der Waals surface area (Å²) in [4.78, 5) is 17.1. The Balaban J connectivity index is 1.52. The number of hydrogen-bond donors (Lipinski definition) is 1. The van der Waals surface area contributed by atoms with Gasteiger partial charge >= 0.3 is 4.87 Å². The van der Waals surface area contributed by atoms with Gasteiger partial charge < -0.3 is 9.84 Å². The van der Waals surface area contributed by atoms with Gasteiger partial charge in [-0.15, -0.1) is 0 Å². The van der Waals surface area contributed by atoms with E-state index in [1.54, 1.807) is 6.21 Å². The van der Waals surface area contributed by atoms with Gasteiger partial charge in [-0.1, -0.05) is 55.5 Å². The van der Waals surface area contributed by atoms with Crippen molar-refractivity contribution < 1.29 is 9.84 Å². The molecule has 154 valence electrons. The smallest absolute Gasteiger partial charge is 0.310 e. The predicted octanol–water partition coefficient (Wildman–Crippen LogP) is 5.38. The van der Waals surface area contributed by atoms with Crippen LogP contribution in [0.1, 0.15) is 41.3 Å². The van der Waals surface area contributed by atoms with E-state index in [9.17, 15) is 9.90 Å². The van der Waals surface area contributed by atoms with Crippen LogP contribution < -0.4 is 9.61 Å². The quantitative estimate of drug-likeness (QED) is 0.582. The number of aliphatic imine (C=N–C) groups is 1. The number of nitrogens with zero attached hydrogens (tertiary/aromatic N) is 2. The molecule has 0 unspecified atom stereocenters. The van der Waals surface area contributed by atoms with Gasteiger partial charge in [0.25, 0.3) is 0 Å². The maximum atomic E-state index is 12.5. The van der Waals surface area contributed by atoms with E-state index in [0.29, 0.717) is 17.4 Å². The summed E-state index contributed by atoms with van der Waals surface area (Å²) < 4.78 is 7.34. The van der Waals surface area contributed by atoms with Gasteiger partial charge in [0.15, 0.2) is 0 Å². The molecule has 3 aromatic rings. The summed E-state index contributed by atoms with van der Waals surface area (Å²) in [5.74, 6) is 1.13. The molecule has 2 heterocycles. The van der Waals surface area contributed by atoms with E-state index in [1.165, 1.54) is 4.57 Å². The number of allylic oxidation sites excluding steroid dienone is 1. The Morgan fingerprint density at radius 2 is 2.03 bits per heavy atom. The lowest BCUT2D eigenvalue weighted by Crippen LogP contribution is -2.17. The third kappa shape index (κ3) is 3.96. The molecule has 0 bridgehead atoms. The molecule has 0 aliphatic carbocycles. The van der Waals surface area contributed by atoms with Crippen molar-refractivity contribution >= 4 is 34.9 Å². The molecular weight excluding hydrogens is 396 g/mol. The summed E-state index contributed by atoms with van der Waals surface area (Å²) in [6.07, 6.45) is 3.57. The number of thiazole rings is 1. The van der Waals surface area contributed by atoms with Crippen LogP contribution in [0.15, 0.2) is 52.3 Å².